The van der Waals surface area contributed by atoms with E-state index in [0.29, 0.717) is 11.1 Å². The fourth-order valence-electron chi connectivity index (χ4n) is 3.42. The molecule has 4 nitrogen and oxygen atoms in total. The van der Waals surface area contributed by atoms with E-state index in [9.17, 15) is 4.79 Å². The van der Waals surface area contributed by atoms with Crippen molar-refractivity contribution in [2.24, 2.45) is 0 Å². The molecule has 0 unspecified atom stereocenters. The van der Waals surface area contributed by atoms with Crippen molar-refractivity contribution in [2.45, 2.75) is 43.1 Å². The minimum Gasteiger partial charge on any atom is -0.484 e. The highest BCUT2D eigenvalue weighted by Crippen LogP contribution is 2.43. The van der Waals surface area contributed by atoms with Gasteiger partial charge in [0.1, 0.15) is 5.75 Å². The Morgan fingerprint density at radius 3 is 2.68 bits per heavy atom. The summed E-state index contributed by atoms with van der Waals surface area (Å²) in [5.74, 6) is 3.14. The van der Waals surface area contributed by atoms with Crippen LogP contribution in [0.5, 0.6) is 5.75 Å². The van der Waals surface area contributed by atoms with Gasteiger partial charge in [0.25, 0.3) is 5.91 Å². The molecule has 1 saturated heterocycles. The highest BCUT2D eigenvalue weighted by Gasteiger charge is 2.17. The predicted octanol–water partition coefficient (Wildman–Crippen LogP) is 4.63. The van der Waals surface area contributed by atoms with E-state index in [1.54, 1.807) is 0 Å². The van der Waals surface area contributed by atoms with Gasteiger partial charge >= 0.3 is 0 Å². The summed E-state index contributed by atoms with van der Waals surface area (Å²) >= 11 is 5.83. The molecule has 28 heavy (non-hydrogen) atoms. The van der Waals surface area contributed by atoms with Gasteiger partial charge in [-0.15, -0.1) is 34.9 Å². The van der Waals surface area contributed by atoms with E-state index in [-0.39, 0.29) is 12.5 Å². The average Bonchev–Trinajstić information content (AvgIpc) is 3.16. The third kappa shape index (κ3) is 5.45. The lowest BCUT2D eigenvalue weighted by molar-refractivity contribution is -0.123. The summed E-state index contributed by atoms with van der Waals surface area (Å²) in [5, 5.41) is 4.08. The fraction of sp³-hybridized carbons (Fsp3) is 0.524. The molecule has 0 saturated carbocycles. The van der Waals surface area contributed by atoms with E-state index in [4.69, 9.17) is 9.72 Å². The molecule has 1 aromatic heterocycles. The molecule has 150 valence electrons. The molecule has 1 fully saturated rings. The van der Waals surface area contributed by atoms with E-state index in [0.717, 1.165) is 23.6 Å². The van der Waals surface area contributed by atoms with E-state index in [1.807, 2.05) is 47.0 Å². The SMILES string of the molecule is O=C(COc1ccc(C2SCCCS2)cc1)NCCc1nc2c(s1)CCCC2. The number of thiazole rings is 1. The first-order valence-corrected chi connectivity index (χ1v) is 12.9. The van der Waals surface area contributed by atoms with Crippen LogP contribution in [0.1, 0.15) is 45.0 Å². The maximum atomic E-state index is 12.1. The molecule has 2 heterocycles. The molecular formula is C21H26N2O2S3. The summed E-state index contributed by atoms with van der Waals surface area (Å²) in [6.45, 7) is 0.671. The van der Waals surface area contributed by atoms with Gasteiger partial charge in [0.15, 0.2) is 6.61 Å². The molecule has 7 heteroatoms. The third-order valence-electron chi connectivity index (χ3n) is 4.90. The lowest BCUT2D eigenvalue weighted by Crippen LogP contribution is -2.30. The number of carbonyl (C=O) groups excluding carboxylic acids is 1. The molecule has 1 aromatic carbocycles. The normalized spacial score (nSPS) is 17.1. The number of amides is 1. The van der Waals surface area contributed by atoms with E-state index < -0.39 is 0 Å². The van der Waals surface area contributed by atoms with Crippen LogP contribution in [0.25, 0.3) is 0 Å². The van der Waals surface area contributed by atoms with Crippen LogP contribution in [0.2, 0.25) is 0 Å². The molecule has 0 bridgehead atoms. The summed E-state index contributed by atoms with van der Waals surface area (Å²) in [6.07, 6.45) is 6.92. The Hall–Kier alpha value is -1.18. The Labute approximate surface area is 179 Å². The van der Waals surface area contributed by atoms with Crippen molar-refractivity contribution in [1.82, 2.24) is 10.3 Å². The van der Waals surface area contributed by atoms with Crippen molar-refractivity contribution in [2.75, 3.05) is 24.7 Å². The maximum Gasteiger partial charge on any atom is 0.257 e. The molecule has 1 aliphatic heterocycles. The molecule has 1 aliphatic carbocycles. The number of nitrogens with one attached hydrogen (secondary N) is 1. The van der Waals surface area contributed by atoms with Crippen molar-refractivity contribution in [3.8, 4) is 5.75 Å². The molecule has 0 atom stereocenters. The van der Waals surface area contributed by atoms with Gasteiger partial charge in [-0.25, -0.2) is 4.98 Å². The molecule has 1 N–H and O–H groups in total. The molecule has 4 rings (SSSR count). The zero-order valence-corrected chi connectivity index (χ0v) is 18.4. The molecule has 2 aromatic rings. The first-order chi connectivity index (χ1) is 13.8. The molecule has 0 spiro atoms. The quantitative estimate of drug-likeness (QED) is 0.689. The first kappa shape index (κ1) is 20.1. The van der Waals surface area contributed by atoms with Gasteiger partial charge in [0, 0.05) is 17.8 Å². The number of ether oxygens (including phenoxy) is 1. The smallest absolute Gasteiger partial charge is 0.257 e. The lowest BCUT2D eigenvalue weighted by Gasteiger charge is -2.21. The van der Waals surface area contributed by atoms with Gasteiger partial charge in [0.2, 0.25) is 0 Å². The van der Waals surface area contributed by atoms with Crippen LogP contribution in [0.15, 0.2) is 24.3 Å². The van der Waals surface area contributed by atoms with Crippen molar-refractivity contribution >= 4 is 40.8 Å². The van der Waals surface area contributed by atoms with Gasteiger partial charge in [-0.2, -0.15) is 0 Å². The highest BCUT2D eigenvalue weighted by atomic mass is 32.2. The fourth-order valence-corrected chi connectivity index (χ4v) is 7.47. The molecular weight excluding hydrogens is 408 g/mol. The number of fused-ring (bicyclic) bond motifs is 1. The number of aromatic nitrogens is 1. The second-order valence-corrected chi connectivity index (χ2v) is 11.0. The van der Waals surface area contributed by atoms with E-state index >= 15 is 0 Å². The van der Waals surface area contributed by atoms with Gasteiger partial charge in [-0.1, -0.05) is 12.1 Å². The number of aryl methyl sites for hydroxylation is 2. The van der Waals surface area contributed by atoms with Crippen LogP contribution in [-0.2, 0) is 24.1 Å². The Bertz CT molecular complexity index is 762. The largest absolute Gasteiger partial charge is 0.484 e. The number of hydrogen-bond donors (Lipinski definition) is 1. The Morgan fingerprint density at radius 1 is 1.11 bits per heavy atom. The second-order valence-electron chi connectivity index (χ2n) is 7.07. The van der Waals surface area contributed by atoms with Crippen molar-refractivity contribution in [1.29, 1.82) is 0 Å². The van der Waals surface area contributed by atoms with Gasteiger partial charge in [-0.3, -0.25) is 4.79 Å². The standard InChI is InChI=1S/C21H26N2O2S3/c24-19(22-11-10-20-23-17-4-1-2-5-18(17)28-20)14-25-16-8-6-15(7-9-16)21-26-12-3-13-27-21/h6-9,21H,1-5,10-14H2,(H,22,24). The zero-order valence-electron chi connectivity index (χ0n) is 15.9. The Kier molecular flexibility index (Phi) is 7.20. The summed E-state index contributed by atoms with van der Waals surface area (Å²) in [7, 11) is 0. The van der Waals surface area contributed by atoms with Gasteiger partial charge in [0.05, 0.1) is 15.3 Å². The van der Waals surface area contributed by atoms with Crippen LogP contribution >= 0.6 is 34.9 Å². The highest BCUT2D eigenvalue weighted by molar-refractivity contribution is 8.16. The van der Waals surface area contributed by atoms with Crippen molar-refractivity contribution in [3.05, 3.63) is 45.4 Å². The molecule has 1 amide bonds. The average molecular weight is 435 g/mol. The summed E-state index contributed by atoms with van der Waals surface area (Å²) in [4.78, 5) is 18.2. The number of rotatable bonds is 7. The number of carbonyl (C=O) groups is 1. The molecule has 0 radical (unpaired) electrons. The summed E-state index contributed by atoms with van der Waals surface area (Å²) in [6, 6.07) is 8.18. The topological polar surface area (TPSA) is 51.2 Å². The van der Waals surface area contributed by atoms with Crippen LogP contribution in [0.3, 0.4) is 0 Å². The summed E-state index contributed by atoms with van der Waals surface area (Å²) < 4.78 is 6.17. The Balaban J connectivity index is 1.17. The number of nitrogens with zero attached hydrogens (tertiary/aromatic N) is 1. The van der Waals surface area contributed by atoms with Gasteiger partial charge in [-0.05, 0) is 61.3 Å². The first-order valence-electron chi connectivity index (χ1n) is 9.98. The van der Waals surface area contributed by atoms with Crippen molar-refractivity contribution in [3.63, 3.8) is 0 Å². The predicted molar refractivity (Wildman–Crippen MR) is 120 cm³/mol. The van der Waals surface area contributed by atoms with Gasteiger partial charge < -0.3 is 10.1 Å². The number of hydrogen-bond acceptors (Lipinski definition) is 6. The van der Waals surface area contributed by atoms with Crippen LogP contribution in [0, 0.1) is 0 Å². The Morgan fingerprint density at radius 2 is 1.89 bits per heavy atom. The summed E-state index contributed by atoms with van der Waals surface area (Å²) in [5.41, 5.74) is 2.62. The monoisotopic (exact) mass is 434 g/mol. The second kappa shape index (κ2) is 10.0. The third-order valence-corrected chi connectivity index (χ3v) is 9.13. The van der Waals surface area contributed by atoms with Crippen LogP contribution in [-0.4, -0.2) is 35.5 Å². The lowest BCUT2D eigenvalue weighted by atomic mass is 10.0. The minimum absolute atomic E-state index is 0.0562. The number of thioether (sulfide) groups is 2. The number of benzene rings is 1. The van der Waals surface area contributed by atoms with E-state index in [1.165, 1.54) is 53.3 Å². The van der Waals surface area contributed by atoms with E-state index in [2.05, 4.69) is 17.4 Å². The van der Waals surface area contributed by atoms with Crippen LogP contribution < -0.4 is 10.1 Å². The molecule has 2 aliphatic rings. The minimum atomic E-state index is -0.0798. The zero-order chi connectivity index (χ0) is 19.2. The maximum absolute atomic E-state index is 12.1. The van der Waals surface area contributed by atoms with Crippen LogP contribution in [0.4, 0.5) is 0 Å². The van der Waals surface area contributed by atoms with Crippen molar-refractivity contribution < 1.29 is 9.53 Å².